The van der Waals surface area contributed by atoms with Gasteiger partial charge in [-0.1, -0.05) is 146 Å². The molecular formula is C40H32. The summed E-state index contributed by atoms with van der Waals surface area (Å²) in [6.45, 7) is 0. The van der Waals surface area contributed by atoms with Crippen molar-refractivity contribution >= 4 is 0 Å². The second-order valence-electron chi connectivity index (χ2n) is 10.8. The molecular weight excluding hydrogens is 480 g/mol. The lowest BCUT2D eigenvalue weighted by Gasteiger charge is -2.22. The van der Waals surface area contributed by atoms with Crippen molar-refractivity contribution in [2.75, 3.05) is 0 Å². The van der Waals surface area contributed by atoms with E-state index < -0.39 is 0 Å². The number of aryl methyl sites for hydroxylation is 4. The minimum Gasteiger partial charge on any atom is -0.0622 e. The largest absolute Gasteiger partial charge is 0.0622 e. The molecule has 0 aliphatic heterocycles. The standard InChI is InChI=1S/C40H32/c1-5-13-29(14-6-1)37-25-34-23-24-36-28-39(31-17-9-3-10-18-31)35(27-40(36)32-19-11-4-12-20-32)22-21-33(37)26-38(34)30-15-7-2-8-16-30/h1-20,25-28H,21-24H2. The van der Waals surface area contributed by atoms with Gasteiger partial charge >= 0.3 is 0 Å². The summed E-state index contributed by atoms with van der Waals surface area (Å²) in [5.41, 5.74) is 16.4. The van der Waals surface area contributed by atoms with Crippen molar-refractivity contribution in [3.8, 4) is 44.5 Å². The van der Waals surface area contributed by atoms with Gasteiger partial charge in [-0.25, -0.2) is 0 Å². The Kier molecular flexibility index (Phi) is 6.60. The molecule has 0 fully saturated rings. The Morgan fingerprint density at radius 3 is 0.650 bits per heavy atom. The van der Waals surface area contributed by atoms with Gasteiger partial charge in [0.2, 0.25) is 0 Å². The first-order chi connectivity index (χ1) is 19.8. The summed E-state index contributed by atoms with van der Waals surface area (Å²) >= 11 is 0. The van der Waals surface area contributed by atoms with Crippen LogP contribution in [0.5, 0.6) is 0 Å². The minimum atomic E-state index is 0.984. The topological polar surface area (TPSA) is 0 Å². The monoisotopic (exact) mass is 512 g/mol. The van der Waals surface area contributed by atoms with E-state index in [1.165, 1.54) is 66.8 Å². The highest BCUT2D eigenvalue weighted by Gasteiger charge is 2.19. The zero-order valence-corrected chi connectivity index (χ0v) is 22.7. The van der Waals surface area contributed by atoms with Gasteiger partial charge in [0, 0.05) is 0 Å². The lowest BCUT2D eigenvalue weighted by atomic mass is 9.82. The van der Waals surface area contributed by atoms with Gasteiger partial charge in [-0.15, -0.1) is 0 Å². The van der Waals surface area contributed by atoms with E-state index in [1.54, 1.807) is 0 Å². The third-order valence-corrected chi connectivity index (χ3v) is 8.32. The van der Waals surface area contributed by atoms with Gasteiger partial charge in [-0.2, -0.15) is 0 Å². The van der Waals surface area contributed by atoms with Crippen molar-refractivity contribution in [1.29, 1.82) is 0 Å². The Morgan fingerprint density at radius 2 is 0.450 bits per heavy atom. The van der Waals surface area contributed by atoms with Crippen LogP contribution < -0.4 is 0 Å². The normalized spacial score (nSPS) is 12.6. The quantitative estimate of drug-likeness (QED) is 0.220. The summed E-state index contributed by atoms with van der Waals surface area (Å²) < 4.78 is 0. The highest BCUT2D eigenvalue weighted by molar-refractivity contribution is 5.79. The molecule has 0 saturated carbocycles. The zero-order chi connectivity index (χ0) is 26.7. The van der Waals surface area contributed by atoms with Crippen molar-refractivity contribution in [3.63, 3.8) is 0 Å². The molecule has 4 aliphatic rings. The molecule has 0 nitrogen and oxygen atoms in total. The minimum absolute atomic E-state index is 0.984. The molecule has 4 bridgehead atoms. The van der Waals surface area contributed by atoms with E-state index in [2.05, 4.69) is 146 Å². The van der Waals surface area contributed by atoms with E-state index in [9.17, 15) is 0 Å². The molecule has 0 heterocycles. The highest BCUT2D eigenvalue weighted by atomic mass is 14.2. The van der Waals surface area contributed by atoms with Gasteiger partial charge in [0.05, 0.1) is 0 Å². The smallest absolute Gasteiger partial charge is 0.0149 e. The predicted molar refractivity (Wildman–Crippen MR) is 169 cm³/mol. The van der Waals surface area contributed by atoms with E-state index in [-0.39, 0.29) is 0 Å². The fourth-order valence-corrected chi connectivity index (χ4v) is 6.29. The Morgan fingerprint density at radius 1 is 0.250 bits per heavy atom. The van der Waals surface area contributed by atoms with Crippen LogP contribution >= 0.6 is 0 Å². The van der Waals surface area contributed by atoms with Crippen molar-refractivity contribution in [2.45, 2.75) is 25.7 Å². The van der Waals surface area contributed by atoms with Gasteiger partial charge in [0.15, 0.2) is 0 Å². The fraction of sp³-hybridized carbons (Fsp3) is 0.100. The van der Waals surface area contributed by atoms with Crippen LogP contribution in [-0.2, 0) is 25.7 Å². The number of rotatable bonds is 4. The summed E-state index contributed by atoms with van der Waals surface area (Å²) in [6.07, 6.45) is 3.94. The lowest BCUT2D eigenvalue weighted by Crippen LogP contribution is -2.05. The maximum atomic E-state index is 2.49. The second kappa shape index (κ2) is 10.8. The van der Waals surface area contributed by atoms with Gasteiger partial charge in [-0.3, -0.25) is 0 Å². The van der Waals surface area contributed by atoms with E-state index >= 15 is 0 Å². The van der Waals surface area contributed by atoms with Gasteiger partial charge < -0.3 is 0 Å². The highest BCUT2D eigenvalue weighted by Crippen LogP contribution is 2.38. The van der Waals surface area contributed by atoms with Crippen molar-refractivity contribution in [2.24, 2.45) is 0 Å². The zero-order valence-electron chi connectivity index (χ0n) is 22.7. The van der Waals surface area contributed by atoms with Gasteiger partial charge in [0.1, 0.15) is 0 Å². The molecule has 6 aromatic rings. The summed E-state index contributed by atoms with van der Waals surface area (Å²) in [6, 6.07) is 53.7. The van der Waals surface area contributed by atoms with Crippen LogP contribution in [0, 0.1) is 0 Å². The van der Waals surface area contributed by atoms with Crippen LogP contribution in [0.15, 0.2) is 146 Å². The maximum absolute atomic E-state index is 2.49. The number of benzene rings is 6. The first-order valence-corrected chi connectivity index (χ1v) is 14.4. The van der Waals surface area contributed by atoms with Crippen LogP contribution in [-0.4, -0.2) is 0 Å². The summed E-state index contributed by atoms with van der Waals surface area (Å²) in [4.78, 5) is 0. The molecule has 0 radical (unpaired) electrons. The van der Waals surface area contributed by atoms with Crippen LogP contribution in [0.1, 0.15) is 22.3 Å². The Labute approximate surface area is 237 Å². The van der Waals surface area contributed by atoms with Gasteiger partial charge in [0.25, 0.3) is 0 Å². The van der Waals surface area contributed by atoms with E-state index in [1.807, 2.05) is 0 Å². The second-order valence-corrected chi connectivity index (χ2v) is 10.8. The third-order valence-electron chi connectivity index (χ3n) is 8.32. The fourth-order valence-electron chi connectivity index (χ4n) is 6.29. The van der Waals surface area contributed by atoms with E-state index in [0.717, 1.165) is 25.7 Å². The molecule has 0 heteroatoms. The summed E-state index contributed by atoms with van der Waals surface area (Å²) in [5.74, 6) is 0. The van der Waals surface area contributed by atoms with Gasteiger partial charge in [-0.05, 0) is 92.4 Å². The molecule has 0 atom stereocenters. The average molecular weight is 513 g/mol. The molecule has 192 valence electrons. The van der Waals surface area contributed by atoms with Crippen LogP contribution in [0.3, 0.4) is 0 Å². The molecule has 40 heavy (non-hydrogen) atoms. The lowest BCUT2D eigenvalue weighted by molar-refractivity contribution is 0.928. The van der Waals surface area contributed by atoms with Crippen molar-refractivity contribution in [3.05, 3.63) is 168 Å². The molecule has 0 saturated heterocycles. The van der Waals surface area contributed by atoms with Crippen LogP contribution in [0.25, 0.3) is 44.5 Å². The Hall–Kier alpha value is -4.68. The van der Waals surface area contributed by atoms with E-state index in [0.29, 0.717) is 0 Å². The molecule has 4 aliphatic carbocycles. The molecule has 0 aromatic heterocycles. The van der Waals surface area contributed by atoms with Crippen molar-refractivity contribution in [1.82, 2.24) is 0 Å². The summed E-state index contributed by atoms with van der Waals surface area (Å²) in [5, 5.41) is 0. The average Bonchev–Trinajstić information content (AvgIpc) is 3.03. The van der Waals surface area contributed by atoms with Crippen molar-refractivity contribution < 1.29 is 0 Å². The molecule has 0 N–H and O–H groups in total. The SMILES string of the molecule is c1ccc(-c2cc3c(-c4ccccc4)cc2CCc2cc(-c4ccccc4)c(cc2-c2ccccc2)CC3)cc1. The van der Waals surface area contributed by atoms with E-state index in [4.69, 9.17) is 0 Å². The third kappa shape index (κ3) is 4.78. The molecule has 0 unspecified atom stereocenters. The van der Waals surface area contributed by atoms with Crippen LogP contribution in [0.2, 0.25) is 0 Å². The first kappa shape index (κ1) is 24.4. The Bertz CT molecular complexity index is 1480. The first-order valence-electron chi connectivity index (χ1n) is 14.4. The Balaban J connectivity index is 1.44. The maximum Gasteiger partial charge on any atom is -0.0149 e. The predicted octanol–water partition coefficient (Wildman–Crippen LogP) is 10.2. The number of hydrogen-bond donors (Lipinski definition) is 0. The summed E-state index contributed by atoms with van der Waals surface area (Å²) in [7, 11) is 0. The molecule has 10 rings (SSSR count). The van der Waals surface area contributed by atoms with Crippen LogP contribution in [0.4, 0.5) is 0 Å². The molecule has 0 spiro atoms. The number of hydrogen-bond acceptors (Lipinski definition) is 0. The molecule has 6 aromatic carbocycles. The molecule has 0 amide bonds.